The number of phosphoric acid groups is 1. The Bertz CT molecular complexity index is 845. The summed E-state index contributed by atoms with van der Waals surface area (Å²) in [6, 6.07) is 0. The Balaban J connectivity index is 4.46. The van der Waals surface area contributed by atoms with Crippen molar-refractivity contribution in [3.05, 3.63) is 12.2 Å². The van der Waals surface area contributed by atoms with Crippen molar-refractivity contribution in [2.24, 2.45) is 0 Å². The summed E-state index contributed by atoms with van der Waals surface area (Å²) in [4.78, 5) is 35.1. The Morgan fingerprint density at radius 2 is 1.06 bits per heavy atom. The Kier molecular flexibility index (Phi) is 30.9. The van der Waals surface area contributed by atoms with E-state index in [2.05, 4.69) is 26.0 Å². The fraction of sp³-hybridized carbons (Fsp3) is 0.895. The predicted molar refractivity (Wildman–Crippen MR) is 197 cm³/mol. The molecular weight excluding hydrogens is 629 g/mol. The summed E-state index contributed by atoms with van der Waals surface area (Å²) in [6.45, 7) is 4.38. The van der Waals surface area contributed by atoms with Crippen molar-refractivity contribution in [3.63, 3.8) is 0 Å². The van der Waals surface area contributed by atoms with Gasteiger partial charge in [-0.2, -0.15) is 0 Å². The number of ether oxygens (including phenoxy) is 2. The SMILES string of the molecule is CCCCCCCC/C=C/CCCCC(=O)OC(COC(=O)CCCCCCCCCCCCCC)COP(=O)(O)OCC[N+](C)(C)C. The number of carbonyl (C=O) groups is 2. The van der Waals surface area contributed by atoms with Gasteiger partial charge < -0.3 is 18.9 Å². The molecule has 0 aliphatic carbocycles. The fourth-order valence-corrected chi connectivity index (χ4v) is 5.93. The van der Waals surface area contributed by atoms with E-state index in [4.69, 9.17) is 18.5 Å². The van der Waals surface area contributed by atoms with Crippen LogP contribution in [0.25, 0.3) is 0 Å². The van der Waals surface area contributed by atoms with Crippen LogP contribution in [0.1, 0.15) is 168 Å². The smallest absolute Gasteiger partial charge is 0.462 e. The molecule has 0 aliphatic rings. The summed E-state index contributed by atoms with van der Waals surface area (Å²) in [5.41, 5.74) is 0. The molecule has 2 unspecified atom stereocenters. The van der Waals surface area contributed by atoms with Crippen molar-refractivity contribution in [2.45, 2.75) is 174 Å². The maximum Gasteiger partial charge on any atom is 0.472 e. The van der Waals surface area contributed by atoms with Gasteiger partial charge in [-0.05, 0) is 38.5 Å². The van der Waals surface area contributed by atoms with Gasteiger partial charge in [0.15, 0.2) is 6.10 Å². The molecule has 48 heavy (non-hydrogen) atoms. The van der Waals surface area contributed by atoms with E-state index in [0.717, 1.165) is 38.5 Å². The lowest BCUT2D eigenvalue weighted by atomic mass is 10.0. The van der Waals surface area contributed by atoms with E-state index in [1.165, 1.54) is 96.3 Å². The van der Waals surface area contributed by atoms with Crippen molar-refractivity contribution < 1.29 is 42.1 Å². The van der Waals surface area contributed by atoms with Gasteiger partial charge in [-0.15, -0.1) is 0 Å². The average Bonchev–Trinajstić information content (AvgIpc) is 3.02. The highest BCUT2D eigenvalue weighted by molar-refractivity contribution is 7.47. The molecule has 0 fully saturated rings. The van der Waals surface area contributed by atoms with Gasteiger partial charge in [-0.25, -0.2) is 4.57 Å². The fourth-order valence-electron chi connectivity index (χ4n) is 5.18. The van der Waals surface area contributed by atoms with E-state index in [0.29, 0.717) is 17.4 Å². The van der Waals surface area contributed by atoms with Gasteiger partial charge in [-0.1, -0.05) is 129 Å². The number of likely N-dealkylation sites (N-methyl/N-ethyl adjacent to an activating group) is 1. The first kappa shape index (κ1) is 46.8. The summed E-state index contributed by atoms with van der Waals surface area (Å²) >= 11 is 0. The quantitative estimate of drug-likeness (QED) is 0.0228. The van der Waals surface area contributed by atoms with Gasteiger partial charge in [0, 0.05) is 12.8 Å². The highest BCUT2D eigenvalue weighted by Crippen LogP contribution is 2.43. The molecule has 0 heterocycles. The third-order valence-electron chi connectivity index (χ3n) is 8.30. The van der Waals surface area contributed by atoms with Crippen LogP contribution in [-0.4, -0.2) is 74.9 Å². The topological polar surface area (TPSA) is 108 Å². The lowest BCUT2D eigenvalue weighted by Crippen LogP contribution is -2.37. The number of hydrogen-bond donors (Lipinski definition) is 1. The highest BCUT2D eigenvalue weighted by Gasteiger charge is 2.27. The summed E-state index contributed by atoms with van der Waals surface area (Å²) in [7, 11) is 1.47. The molecule has 9 nitrogen and oxygen atoms in total. The summed E-state index contributed by atoms with van der Waals surface area (Å²) in [5, 5.41) is 0. The first-order valence-electron chi connectivity index (χ1n) is 19.4. The van der Waals surface area contributed by atoms with Crippen LogP contribution in [0, 0.1) is 0 Å². The minimum Gasteiger partial charge on any atom is -0.462 e. The number of phosphoric ester groups is 1. The zero-order chi connectivity index (χ0) is 35.8. The Labute approximate surface area is 295 Å². The average molecular weight is 705 g/mol. The second-order valence-corrected chi connectivity index (χ2v) is 15.8. The van der Waals surface area contributed by atoms with Crippen molar-refractivity contribution in [1.29, 1.82) is 0 Å². The monoisotopic (exact) mass is 705 g/mol. The molecule has 0 amide bonds. The van der Waals surface area contributed by atoms with Crippen LogP contribution in [0.15, 0.2) is 12.2 Å². The number of allylic oxidation sites excluding steroid dienone is 2. The summed E-state index contributed by atoms with van der Waals surface area (Å²) in [5.74, 6) is -0.822. The normalized spacial score (nSPS) is 13.9. The van der Waals surface area contributed by atoms with E-state index in [1.54, 1.807) is 0 Å². The van der Waals surface area contributed by atoms with E-state index in [-0.39, 0.29) is 32.0 Å². The van der Waals surface area contributed by atoms with Crippen LogP contribution in [0.3, 0.4) is 0 Å². The molecule has 0 radical (unpaired) electrons. The number of carbonyl (C=O) groups excluding carboxylic acids is 2. The number of quaternary nitrogens is 1. The predicted octanol–water partition coefficient (Wildman–Crippen LogP) is 10.2. The number of nitrogens with zero attached hydrogens (tertiary/aromatic N) is 1. The van der Waals surface area contributed by atoms with Gasteiger partial charge in [0.05, 0.1) is 27.7 Å². The Morgan fingerprint density at radius 3 is 1.58 bits per heavy atom. The molecule has 0 saturated carbocycles. The van der Waals surface area contributed by atoms with E-state index in [9.17, 15) is 19.0 Å². The van der Waals surface area contributed by atoms with Gasteiger partial charge in [0.25, 0.3) is 0 Å². The second-order valence-electron chi connectivity index (χ2n) is 14.3. The van der Waals surface area contributed by atoms with Crippen LogP contribution >= 0.6 is 7.82 Å². The first-order valence-corrected chi connectivity index (χ1v) is 20.9. The van der Waals surface area contributed by atoms with Gasteiger partial charge >= 0.3 is 19.8 Å². The van der Waals surface area contributed by atoms with Crippen LogP contribution in [0.5, 0.6) is 0 Å². The van der Waals surface area contributed by atoms with Crippen molar-refractivity contribution in [1.82, 2.24) is 0 Å². The first-order chi connectivity index (χ1) is 23.0. The largest absolute Gasteiger partial charge is 0.472 e. The van der Waals surface area contributed by atoms with Crippen LogP contribution in [0.4, 0.5) is 0 Å². The molecule has 1 N–H and O–H groups in total. The molecule has 10 heteroatoms. The molecule has 0 aromatic rings. The number of rotatable bonds is 35. The molecule has 0 aromatic heterocycles. The molecule has 284 valence electrons. The second kappa shape index (κ2) is 31.7. The van der Waals surface area contributed by atoms with Gasteiger partial charge in [-0.3, -0.25) is 18.6 Å². The maximum atomic E-state index is 12.6. The minimum absolute atomic E-state index is 0.0309. The standard InChI is InChI=1S/C38H74NO8P/c1-6-8-10-12-14-16-18-20-22-24-26-28-30-37(40)44-34-36(35-46-48(42,43)45-33-32-39(3,4)5)47-38(41)31-29-27-25-23-21-19-17-15-13-11-9-7-2/h21,23,36H,6-20,22,24-35H2,1-5H3/p+1/b23-21+. The molecule has 2 atom stereocenters. The number of esters is 2. The lowest BCUT2D eigenvalue weighted by molar-refractivity contribution is -0.870. The van der Waals surface area contributed by atoms with Gasteiger partial charge in [0.1, 0.15) is 19.8 Å². The zero-order valence-electron chi connectivity index (χ0n) is 31.7. The molecule has 0 saturated heterocycles. The zero-order valence-corrected chi connectivity index (χ0v) is 32.6. The van der Waals surface area contributed by atoms with E-state index >= 15 is 0 Å². The Morgan fingerprint density at radius 1 is 0.625 bits per heavy atom. The van der Waals surface area contributed by atoms with Crippen molar-refractivity contribution >= 4 is 19.8 Å². The Hall–Kier alpha value is -1.25. The van der Waals surface area contributed by atoms with Crippen LogP contribution in [0.2, 0.25) is 0 Å². The molecule has 0 spiro atoms. The number of hydrogen-bond acceptors (Lipinski definition) is 7. The van der Waals surface area contributed by atoms with E-state index < -0.39 is 26.5 Å². The summed E-state index contributed by atoms with van der Waals surface area (Å²) < 4.78 is 34.1. The molecular formula is C38H75NO8P+. The maximum absolute atomic E-state index is 12.6. The highest BCUT2D eigenvalue weighted by atomic mass is 31.2. The van der Waals surface area contributed by atoms with Crippen LogP contribution in [-0.2, 0) is 32.7 Å². The summed E-state index contributed by atoms with van der Waals surface area (Å²) in [6.07, 6.45) is 29.7. The van der Waals surface area contributed by atoms with Gasteiger partial charge in [0.2, 0.25) is 0 Å². The molecule has 0 aliphatic heterocycles. The molecule has 0 rings (SSSR count). The minimum atomic E-state index is -4.36. The van der Waals surface area contributed by atoms with E-state index in [1.807, 2.05) is 21.1 Å². The number of unbranched alkanes of at least 4 members (excludes halogenated alkanes) is 19. The van der Waals surface area contributed by atoms with Crippen molar-refractivity contribution in [2.75, 3.05) is 47.5 Å². The van der Waals surface area contributed by atoms with Crippen molar-refractivity contribution in [3.8, 4) is 0 Å². The molecule has 0 aromatic carbocycles. The van der Waals surface area contributed by atoms with Crippen LogP contribution < -0.4 is 0 Å². The molecule has 0 bridgehead atoms. The lowest BCUT2D eigenvalue weighted by Gasteiger charge is -2.24. The third kappa shape index (κ3) is 34.6. The third-order valence-corrected chi connectivity index (χ3v) is 9.28.